The number of aromatic amines is 1. The Kier molecular flexibility index (Phi) is 6.39. The van der Waals surface area contributed by atoms with Crippen LogP contribution in [-0.4, -0.2) is 58.9 Å². The second kappa shape index (κ2) is 8.77. The lowest BCUT2D eigenvalue weighted by molar-refractivity contribution is -0.137. The predicted octanol–water partition coefficient (Wildman–Crippen LogP) is 3.46. The molecule has 1 amide bonds. The van der Waals surface area contributed by atoms with Gasteiger partial charge in [0.1, 0.15) is 0 Å². The van der Waals surface area contributed by atoms with E-state index in [0.29, 0.717) is 30.3 Å². The molecule has 5 nitrogen and oxygen atoms in total. The van der Waals surface area contributed by atoms with Gasteiger partial charge in [0, 0.05) is 32.5 Å². The summed E-state index contributed by atoms with van der Waals surface area (Å²) in [6.07, 6.45) is 1.43. The zero-order valence-corrected chi connectivity index (χ0v) is 15.9. The number of rotatable bonds is 6. The van der Waals surface area contributed by atoms with E-state index in [1.807, 2.05) is 0 Å². The third kappa shape index (κ3) is 5.34. The van der Waals surface area contributed by atoms with E-state index in [0.717, 1.165) is 38.5 Å². The molecule has 0 atom stereocenters. The number of carbonyl (C=O) groups excluding carboxylic acids is 1. The van der Waals surface area contributed by atoms with Crippen LogP contribution in [0.3, 0.4) is 0 Å². The lowest BCUT2D eigenvalue weighted by Gasteiger charge is -2.33. The van der Waals surface area contributed by atoms with Crippen LogP contribution in [0.15, 0.2) is 36.7 Å². The molecule has 8 heteroatoms. The van der Waals surface area contributed by atoms with E-state index < -0.39 is 11.7 Å². The predicted molar refractivity (Wildman–Crippen MR) is 99.9 cm³/mol. The number of benzene rings is 1. The van der Waals surface area contributed by atoms with Gasteiger partial charge in [0.25, 0.3) is 5.91 Å². The van der Waals surface area contributed by atoms with Crippen LogP contribution in [0.5, 0.6) is 0 Å². The monoisotopic (exact) mass is 394 g/mol. The van der Waals surface area contributed by atoms with Crippen LogP contribution < -0.4 is 0 Å². The quantitative estimate of drug-likeness (QED) is 0.817. The fraction of sp³-hybridized carbons (Fsp3) is 0.500. The van der Waals surface area contributed by atoms with Gasteiger partial charge in [-0.25, -0.2) is 4.98 Å². The van der Waals surface area contributed by atoms with Gasteiger partial charge in [0.05, 0.1) is 5.56 Å². The maximum Gasteiger partial charge on any atom is 0.416 e. The number of likely N-dealkylation sites (tertiary alicyclic amines) is 1. The average Bonchev–Trinajstić information content (AvgIpc) is 3.21. The number of aromatic nitrogens is 2. The van der Waals surface area contributed by atoms with E-state index in [9.17, 15) is 18.0 Å². The standard InChI is InChI=1S/C20H25F3N4O/c1-26(19(28)18-24-8-9-25-18)14-16-6-11-27(12-7-16)10-5-15-3-2-4-17(13-15)20(21,22)23/h2-4,8-9,13,16H,5-7,10-12,14H2,1H3,(H,24,25). The third-order valence-corrected chi connectivity index (χ3v) is 5.26. The van der Waals surface area contributed by atoms with Gasteiger partial charge in [-0.2, -0.15) is 13.2 Å². The van der Waals surface area contributed by atoms with E-state index >= 15 is 0 Å². The number of halogens is 3. The van der Waals surface area contributed by atoms with Crippen molar-refractivity contribution < 1.29 is 18.0 Å². The zero-order valence-electron chi connectivity index (χ0n) is 15.9. The van der Waals surface area contributed by atoms with Crippen molar-refractivity contribution in [2.45, 2.75) is 25.4 Å². The van der Waals surface area contributed by atoms with E-state index in [1.165, 1.54) is 12.1 Å². The van der Waals surface area contributed by atoms with Crippen molar-refractivity contribution in [3.63, 3.8) is 0 Å². The Morgan fingerprint density at radius 2 is 2.07 bits per heavy atom. The number of carbonyl (C=O) groups is 1. The molecule has 0 saturated carbocycles. The van der Waals surface area contributed by atoms with Crippen LogP contribution in [0.4, 0.5) is 13.2 Å². The highest BCUT2D eigenvalue weighted by Gasteiger charge is 2.30. The van der Waals surface area contributed by atoms with Gasteiger partial charge < -0.3 is 14.8 Å². The molecule has 0 spiro atoms. The molecule has 28 heavy (non-hydrogen) atoms. The summed E-state index contributed by atoms with van der Waals surface area (Å²) in [5, 5.41) is 0. The van der Waals surface area contributed by atoms with Crippen molar-refractivity contribution in [1.29, 1.82) is 0 Å². The minimum atomic E-state index is -4.30. The third-order valence-electron chi connectivity index (χ3n) is 5.26. The van der Waals surface area contributed by atoms with Crippen molar-refractivity contribution in [2.75, 3.05) is 33.2 Å². The molecule has 0 radical (unpaired) electrons. The van der Waals surface area contributed by atoms with Crippen LogP contribution >= 0.6 is 0 Å². The first-order valence-electron chi connectivity index (χ1n) is 9.46. The molecule has 0 unspecified atom stereocenters. The SMILES string of the molecule is CN(CC1CCN(CCc2cccc(C(F)(F)F)c2)CC1)C(=O)c1ncc[nH]1. The number of piperidine rings is 1. The molecule has 1 N–H and O–H groups in total. The smallest absolute Gasteiger partial charge is 0.341 e. The molecule has 1 aliphatic heterocycles. The molecule has 152 valence electrons. The number of hydrogen-bond acceptors (Lipinski definition) is 3. The lowest BCUT2D eigenvalue weighted by Crippen LogP contribution is -2.40. The molecule has 1 aromatic heterocycles. The summed E-state index contributed by atoms with van der Waals surface area (Å²) in [5.74, 6) is 0.659. The van der Waals surface area contributed by atoms with Gasteiger partial charge in [0.15, 0.2) is 5.82 Å². The minimum absolute atomic E-state index is 0.114. The van der Waals surface area contributed by atoms with Crippen molar-refractivity contribution >= 4 is 5.91 Å². The molecule has 1 saturated heterocycles. The van der Waals surface area contributed by atoms with Gasteiger partial charge in [-0.15, -0.1) is 0 Å². The van der Waals surface area contributed by atoms with E-state index in [4.69, 9.17) is 0 Å². The number of amides is 1. The van der Waals surface area contributed by atoms with Gasteiger partial charge >= 0.3 is 6.18 Å². The molecular weight excluding hydrogens is 369 g/mol. The highest BCUT2D eigenvalue weighted by atomic mass is 19.4. The Labute approximate surface area is 162 Å². The summed E-state index contributed by atoms with van der Waals surface area (Å²) in [5.41, 5.74) is 0.119. The van der Waals surface area contributed by atoms with Crippen LogP contribution in [-0.2, 0) is 12.6 Å². The normalized spacial score (nSPS) is 16.3. The highest BCUT2D eigenvalue weighted by Crippen LogP contribution is 2.29. The second-order valence-electron chi connectivity index (χ2n) is 7.36. The Bertz CT molecular complexity index is 768. The molecule has 2 heterocycles. The van der Waals surface area contributed by atoms with E-state index in [2.05, 4.69) is 14.9 Å². The Balaban J connectivity index is 1.43. The number of nitrogens with one attached hydrogen (secondary N) is 1. The summed E-state index contributed by atoms with van der Waals surface area (Å²) in [4.78, 5) is 23.0. The largest absolute Gasteiger partial charge is 0.416 e. The summed E-state index contributed by atoms with van der Waals surface area (Å²) >= 11 is 0. The van der Waals surface area contributed by atoms with Crippen molar-refractivity contribution in [3.8, 4) is 0 Å². The van der Waals surface area contributed by atoms with E-state index in [1.54, 1.807) is 30.4 Å². The molecule has 1 aliphatic rings. The first kappa shape index (κ1) is 20.4. The molecule has 2 aromatic rings. The van der Waals surface area contributed by atoms with Gasteiger partial charge in [-0.3, -0.25) is 4.79 Å². The minimum Gasteiger partial charge on any atom is -0.341 e. The van der Waals surface area contributed by atoms with Crippen LogP contribution in [0.2, 0.25) is 0 Å². The van der Waals surface area contributed by atoms with Crippen molar-refractivity contribution in [1.82, 2.24) is 19.8 Å². The van der Waals surface area contributed by atoms with Crippen LogP contribution in [0, 0.1) is 5.92 Å². The Morgan fingerprint density at radius 3 is 2.71 bits per heavy atom. The molecule has 3 rings (SSSR count). The fourth-order valence-corrected chi connectivity index (χ4v) is 3.62. The van der Waals surface area contributed by atoms with Crippen LogP contribution in [0.25, 0.3) is 0 Å². The first-order valence-corrected chi connectivity index (χ1v) is 9.46. The summed E-state index contributed by atoms with van der Waals surface area (Å²) in [6.45, 7) is 3.22. The molecule has 1 aromatic carbocycles. The number of alkyl halides is 3. The maximum absolute atomic E-state index is 12.8. The van der Waals surface area contributed by atoms with Crippen molar-refractivity contribution in [2.24, 2.45) is 5.92 Å². The summed E-state index contributed by atoms with van der Waals surface area (Å²) < 4.78 is 38.4. The zero-order chi connectivity index (χ0) is 20.1. The van der Waals surface area contributed by atoms with Crippen molar-refractivity contribution in [3.05, 3.63) is 53.6 Å². The lowest BCUT2D eigenvalue weighted by atomic mass is 9.96. The van der Waals surface area contributed by atoms with E-state index in [-0.39, 0.29) is 5.91 Å². The molecule has 0 aliphatic carbocycles. The molecule has 1 fully saturated rings. The fourth-order valence-electron chi connectivity index (χ4n) is 3.62. The van der Waals surface area contributed by atoms with Gasteiger partial charge in [0.2, 0.25) is 0 Å². The summed E-state index contributed by atoms with van der Waals surface area (Å²) in [7, 11) is 1.78. The average molecular weight is 394 g/mol. The van der Waals surface area contributed by atoms with Crippen LogP contribution in [0.1, 0.15) is 34.6 Å². The molecule has 0 bridgehead atoms. The second-order valence-corrected chi connectivity index (χ2v) is 7.36. The highest BCUT2D eigenvalue weighted by molar-refractivity contribution is 5.90. The first-order chi connectivity index (χ1) is 13.3. The number of H-pyrrole nitrogens is 1. The number of hydrogen-bond donors (Lipinski definition) is 1. The Morgan fingerprint density at radius 1 is 1.32 bits per heavy atom. The summed E-state index contributed by atoms with van der Waals surface area (Å²) in [6, 6.07) is 5.56. The topological polar surface area (TPSA) is 52.2 Å². The number of nitrogens with zero attached hydrogens (tertiary/aromatic N) is 3. The molecular formula is C20H25F3N4O. The maximum atomic E-state index is 12.8. The number of imidazole rings is 1. The van der Waals surface area contributed by atoms with Gasteiger partial charge in [-0.1, -0.05) is 18.2 Å². The Hall–Kier alpha value is -2.35. The van der Waals surface area contributed by atoms with Gasteiger partial charge in [-0.05, 0) is 49.9 Å².